The second kappa shape index (κ2) is 9.58. The minimum absolute atomic E-state index is 0.000758. The second-order valence-electron chi connectivity index (χ2n) is 7.30. The quantitative estimate of drug-likeness (QED) is 0.281. The lowest BCUT2D eigenvalue weighted by Gasteiger charge is -2.06. The molecule has 2 aromatic heterocycles. The third-order valence-corrected chi connectivity index (χ3v) is 5.00. The van der Waals surface area contributed by atoms with Gasteiger partial charge in [0.2, 0.25) is 0 Å². The van der Waals surface area contributed by atoms with Crippen LogP contribution in [0.1, 0.15) is 27.4 Å². The number of aromatic nitrogens is 2. The van der Waals surface area contributed by atoms with Crippen molar-refractivity contribution in [1.82, 2.24) is 9.78 Å². The first kappa shape index (κ1) is 22.1. The average Bonchev–Trinajstić information content (AvgIpc) is 3.42. The number of halogens is 1. The second-order valence-corrected chi connectivity index (χ2v) is 7.70. The van der Waals surface area contributed by atoms with Gasteiger partial charge in [0.1, 0.15) is 18.1 Å². The molecule has 1 N–H and O–H groups in total. The third-order valence-electron chi connectivity index (χ3n) is 4.70. The maximum Gasteiger partial charge on any atom is 0.291 e. The molecule has 4 rings (SSSR count). The highest BCUT2D eigenvalue weighted by molar-refractivity contribution is 6.32. The van der Waals surface area contributed by atoms with Crippen molar-refractivity contribution in [3.05, 3.63) is 105 Å². The molecule has 0 aliphatic carbocycles. The minimum Gasteiger partial charge on any atom is -0.484 e. The van der Waals surface area contributed by atoms with Crippen LogP contribution in [0.3, 0.4) is 0 Å². The van der Waals surface area contributed by atoms with Crippen molar-refractivity contribution in [3.8, 4) is 5.75 Å². The molecular weight excluding hydrogens is 448 g/mol. The van der Waals surface area contributed by atoms with E-state index in [4.69, 9.17) is 20.8 Å². The summed E-state index contributed by atoms with van der Waals surface area (Å²) in [6, 6.07) is 15.2. The van der Waals surface area contributed by atoms with Crippen LogP contribution in [0.25, 0.3) is 0 Å². The fourth-order valence-electron chi connectivity index (χ4n) is 3.15. The van der Waals surface area contributed by atoms with Crippen LogP contribution in [0, 0.1) is 17.0 Å². The van der Waals surface area contributed by atoms with Gasteiger partial charge in [-0.1, -0.05) is 41.4 Å². The van der Waals surface area contributed by atoms with Crippen molar-refractivity contribution >= 4 is 28.9 Å². The van der Waals surface area contributed by atoms with Gasteiger partial charge in [0.15, 0.2) is 5.76 Å². The van der Waals surface area contributed by atoms with Crippen LogP contribution in [-0.2, 0) is 13.2 Å². The van der Waals surface area contributed by atoms with Gasteiger partial charge in [0.05, 0.1) is 28.4 Å². The van der Waals surface area contributed by atoms with Crippen LogP contribution < -0.4 is 10.1 Å². The molecule has 0 aliphatic rings. The van der Waals surface area contributed by atoms with E-state index in [-0.39, 0.29) is 28.8 Å². The third kappa shape index (κ3) is 5.58. The van der Waals surface area contributed by atoms with E-state index in [9.17, 15) is 14.9 Å². The molecule has 0 aliphatic heterocycles. The molecule has 0 spiro atoms. The fourth-order valence-corrected chi connectivity index (χ4v) is 3.38. The number of nitrogens with one attached hydrogen (secondary N) is 1. The number of benzene rings is 2. The van der Waals surface area contributed by atoms with Crippen LogP contribution in [0.15, 0.2) is 71.4 Å². The lowest BCUT2D eigenvalue weighted by molar-refractivity contribution is -0.384. The molecule has 10 heteroatoms. The molecule has 0 saturated carbocycles. The van der Waals surface area contributed by atoms with Crippen LogP contribution in [0.2, 0.25) is 5.02 Å². The van der Waals surface area contributed by atoms with Gasteiger partial charge < -0.3 is 14.5 Å². The van der Waals surface area contributed by atoms with E-state index in [0.29, 0.717) is 18.0 Å². The Morgan fingerprint density at radius 2 is 2.09 bits per heavy atom. The molecule has 4 aromatic rings. The predicted octanol–water partition coefficient (Wildman–Crippen LogP) is 5.23. The Hall–Kier alpha value is -4.11. The summed E-state index contributed by atoms with van der Waals surface area (Å²) in [5.41, 5.74) is 2.69. The van der Waals surface area contributed by atoms with Gasteiger partial charge in [-0.2, -0.15) is 5.10 Å². The molecule has 1 amide bonds. The number of carbonyl (C=O) groups is 1. The first-order chi connectivity index (χ1) is 15.9. The average molecular weight is 467 g/mol. The number of nitro groups is 1. The maximum atomic E-state index is 12.5. The lowest BCUT2D eigenvalue weighted by Crippen LogP contribution is -2.10. The standard InChI is InChI=1S/C23H19ClN4O5/c1-15-3-2-4-16(9-15)12-27-13-17(11-25-27)26-23(29)22-8-6-19(33-22)14-32-21-7-5-18(28(30)31)10-20(21)24/h2-11,13H,12,14H2,1H3,(H,26,29). The van der Waals surface area contributed by atoms with Crippen molar-refractivity contribution in [1.29, 1.82) is 0 Å². The summed E-state index contributed by atoms with van der Waals surface area (Å²) >= 11 is 6.01. The van der Waals surface area contributed by atoms with Crippen LogP contribution in [0.5, 0.6) is 5.75 Å². The van der Waals surface area contributed by atoms with Gasteiger partial charge in [0, 0.05) is 18.3 Å². The maximum absolute atomic E-state index is 12.5. The molecule has 168 valence electrons. The predicted molar refractivity (Wildman–Crippen MR) is 122 cm³/mol. The Morgan fingerprint density at radius 3 is 2.85 bits per heavy atom. The molecular formula is C23H19ClN4O5. The normalized spacial score (nSPS) is 10.7. The summed E-state index contributed by atoms with van der Waals surface area (Å²) < 4.78 is 12.8. The summed E-state index contributed by atoms with van der Waals surface area (Å²) in [6.07, 6.45) is 3.31. The summed E-state index contributed by atoms with van der Waals surface area (Å²) in [5.74, 6) is 0.343. The Bertz CT molecular complexity index is 1310. The van der Waals surface area contributed by atoms with E-state index in [0.717, 1.165) is 5.56 Å². The number of nitrogens with zero attached hydrogens (tertiary/aromatic N) is 3. The number of non-ortho nitro benzene ring substituents is 1. The van der Waals surface area contributed by atoms with Crippen LogP contribution in [0.4, 0.5) is 11.4 Å². The Labute approximate surface area is 193 Å². The summed E-state index contributed by atoms with van der Waals surface area (Å²) in [6.45, 7) is 2.62. The summed E-state index contributed by atoms with van der Waals surface area (Å²) in [5, 5.41) is 17.9. The van der Waals surface area contributed by atoms with E-state index >= 15 is 0 Å². The Morgan fingerprint density at radius 1 is 1.24 bits per heavy atom. The highest BCUT2D eigenvalue weighted by Gasteiger charge is 2.14. The van der Waals surface area contributed by atoms with E-state index in [1.807, 2.05) is 25.1 Å². The first-order valence-electron chi connectivity index (χ1n) is 9.92. The number of rotatable bonds is 8. The van der Waals surface area contributed by atoms with Crippen molar-refractivity contribution < 1.29 is 18.9 Å². The number of carbonyl (C=O) groups excluding carboxylic acids is 1. The zero-order valence-electron chi connectivity index (χ0n) is 17.5. The van der Waals surface area contributed by atoms with E-state index in [1.54, 1.807) is 23.1 Å². The molecule has 0 unspecified atom stereocenters. The molecule has 0 saturated heterocycles. The SMILES string of the molecule is Cc1cccc(Cn2cc(NC(=O)c3ccc(COc4ccc([N+](=O)[O-])cc4Cl)o3)cn2)c1. The summed E-state index contributed by atoms with van der Waals surface area (Å²) in [7, 11) is 0. The number of hydrogen-bond donors (Lipinski definition) is 1. The minimum atomic E-state index is -0.542. The molecule has 0 fully saturated rings. The smallest absolute Gasteiger partial charge is 0.291 e. The number of furan rings is 1. The molecule has 0 radical (unpaired) electrons. The van der Waals surface area contributed by atoms with E-state index in [1.165, 1.54) is 29.8 Å². The zero-order chi connectivity index (χ0) is 23.4. The Kier molecular flexibility index (Phi) is 6.41. The summed E-state index contributed by atoms with van der Waals surface area (Å²) in [4.78, 5) is 22.7. The monoisotopic (exact) mass is 466 g/mol. The fraction of sp³-hybridized carbons (Fsp3) is 0.130. The largest absolute Gasteiger partial charge is 0.484 e. The highest BCUT2D eigenvalue weighted by atomic mass is 35.5. The first-order valence-corrected chi connectivity index (χ1v) is 10.3. The molecule has 33 heavy (non-hydrogen) atoms. The van der Waals surface area contributed by atoms with Crippen molar-refractivity contribution in [3.63, 3.8) is 0 Å². The molecule has 2 aromatic carbocycles. The molecule has 9 nitrogen and oxygen atoms in total. The van der Waals surface area contributed by atoms with E-state index < -0.39 is 10.8 Å². The number of amides is 1. The van der Waals surface area contributed by atoms with E-state index in [2.05, 4.69) is 16.5 Å². The zero-order valence-corrected chi connectivity index (χ0v) is 18.3. The molecule has 0 bridgehead atoms. The van der Waals surface area contributed by atoms with Crippen LogP contribution >= 0.6 is 11.6 Å². The Balaban J connectivity index is 1.34. The lowest BCUT2D eigenvalue weighted by atomic mass is 10.1. The topological polar surface area (TPSA) is 112 Å². The van der Waals surface area contributed by atoms with Crippen LogP contribution in [-0.4, -0.2) is 20.6 Å². The number of ether oxygens (including phenoxy) is 1. The van der Waals surface area contributed by atoms with Crippen molar-refractivity contribution in [2.75, 3.05) is 5.32 Å². The highest BCUT2D eigenvalue weighted by Crippen LogP contribution is 2.29. The molecule has 0 atom stereocenters. The van der Waals surface area contributed by atoms with Gasteiger partial charge in [0.25, 0.3) is 11.6 Å². The van der Waals surface area contributed by atoms with Crippen molar-refractivity contribution in [2.45, 2.75) is 20.1 Å². The van der Waals surface area contributed by atoms with Gasteiger partial charge in [-0.05, 0) is 30.7 Å². The van der Waals surface area contributed by atoms with Gasteiger partial charge in [-0.25, -0.2) is 0 Å². The number of nitro benzene ring substituents is 1. The molecule has 2 heterocycles. The number of anilines is 1. The number of hydrogen-bond acceptors (Lipinski definition) is 6. The van der Waals surface area contributed by atoms with Gasteiger partial charge in [-0.3, -0.25) is 19.6 Å². The van der Waals surface area contributed by atoms with Crippen molar-refractivity contribution in [2.24, 2.45) is 0 Å². The van der Waals surface area contributed by atoms with Gasteiger partial charge >= 0.3 is 0 Å². The number of aryl methyl sites for hydroxylation is 1. The van der Waals surface area contributed by atoms with Gasteiger partial charge in [-0.15, -0.1) is 0 Å².